The largest absolute Gasteiger partial charge is 0.352 e. The van der Waals surface area contributed by atoms with E-state index in [2.05, 4.69) is 26.6 Å². The summed E-state index contributed by atoms with van der Waals surface area (Å²) in [5, 5.41) is 5.65. The smallest absolute Gasteiger partial charge is 0.252 e. The third-order valence-corrected chi connectivity index (χ3v) is 4.41. The minimum absolute atomic E-state index is 0.171. The van der Waals surface area contributed by atoms with Crippen LogP contribution in [-0.2, 0) is 11.2 Å². The van der Waals surface area contributed by atoms with Gasteiger partial charge in [0.15, 0.2) is 0 Å². The highest BCUT2D eigenvalue weighted by molar-refractivity contribution is 9.10. The van der Waals surface area contributed by atoms with Crippen LogP contribution in [0, 0.1) is 5.82 Å². The second-order valence-corrected chi connectivity index (χ2v) is 7.07. The summed E-state index contributed by atoms with van der Waals surface area (Å²) < 4.78 is 14.0. The minimum atomic E-state index is -0.711. The molecule has 0 radical (unpaired) electrons. The lowest BCUT2D eigenvalue weighted by atomic mass is 10.0. The average Bonchev–Trinajstić information content (AvgIpc) is 3.38. The Morgan fingerprint density at radius 1 is 1.16 bits per heavy atom. The van der Waals surface area contributed by atoms with E-state index in [0.717, 1.165) is 24.5 Å². The van der Waals surface area contributed by atoms with Crippen LogP contribution in [0.25, 0.3) is 0 Å². The van der Waals surface area contributed by atoms with Crippen LogP contribution in [0.4, 0.5) is 4.39 Å². The summed E-state index contributed by atoms with van der Waals surface area (Å²) >= 11 is 3.17. The number of halogens is 2. The molecule has 1 fully saturated rings. The van der Waals surface area contributed by atoms with Crippen LogP contribution in [0.3, 0.4) is 0 Å². The van der Waals surface area contributed by atoms with Crippen molar-refractivity contribution in [2.45, 2.75) is 31.3 Å². The van der Waals surface area contributed by atoms with Gasteiger partial charge in [-0.2, -0.15) is 0 Å². The van der Waals surface area contributed by atoms with Gasteiger partial charge in [-0.25, -0.2) is 4.39 Å². The van der Waals surface area contributed by atoms with Crippen molar-refractivity contribution in [1.29, 1.82) is 0 Å². The Bertz CT molecular complexity index is 758. The molecule has 1 aliphatic rings. The maximum Gasteiger partial charge on any atom is 0.252 e. The lowest BCUT2D eigenvalue weighted by Crippen LogP contribution is -2.48. The maximum atomic E-state index is 13.5. The summed E-state index contributed by atoms with van der Waals surface area (Å²) in [4.78, 5) is 25.0. The Kier molecular flexibility index (Phi) is 5.48. The van der Waals surface area contributed by atoms with E-state index in [4.69, 9.17) is 0 Å². The molecule has 0 aromatic heterocycles. The first kappa shape index (κ1) is 17.6. The first-order chi connectivity index (χ1) is 12.0. The highest BCUT2D eigenvalue weighted by atomic mass is 79.9. The normalized spacial score (nSPS) is 14.6. The predicted octanol–water partition coefficient (Wildman–Crippen LogP) is 3.21. The summed E-state index contributed by atoms with van der Waals surface area (Å²) in [5.41, 5.74) is 1.11. The zero-order valence-corrected chi connectivity index (χ0v) is 15.1. The van der Waals surface area contributed by atoms with Crippen molar-refractivity contribution in [3.63, 3.8) is 0 Å². The van der Waals surface area contributed by atoms with Crippen molar-refractivity contribution in [2.75, 3.05) is 0 Å². The van der Waals surface area contributed by atoms with Gasteiger partial charge < -0.3 is 10.6 Å². The molecule has 6 heteroatoms. The second-order valence-electron chi connectivity index (χ2n) is 6.16. The third kappa shape index (κ3) is 5.13. The lowest BCUT2D eigenvalue weighted by molar-refractivity contribution is -0.123. The minimum Gasteiger partial charge on any atom is -0.352 e. The standard InChI is InChI=1S/C19H18BrFN2O2/c20-14-9-13(10-15(21)11-14)18(24)23-17(19(25)22-16-6-7-16)8-12-4-2-1-3-5-12/h1-5,9-11,16-17H,6-8H2,(H,22,25)(H,23,24). The van der Waals surface area contributed by atoms with E-state index >= 15 is 0 Å². The van der Waals surface area contributed by atoms with Gasteiger partial charge >= 0.3 is 0 Å². The SMILES string of the molecule is O=C(NC(Cc1ccccc1)C(=O)NC1CC1)c1cc(F)cc(Br)c1. The lowest BCUT2D eigenvalue weighted by Gasteiger charge is -2.19. The highest BCUT2D eigenvalue weighted by Crippen LogP contribution is 2.19. The number of rotatable bonds is 6. The van der Waals surface area contributed by atoms with Gasteiger partial charge in [0.25, 0.3) is 5.91 Å². The quantitative estimate of drug-likeness (QED) is 0.776. The summed E-state index contributed by atoms with van der Waals surface area (Å²) in [5.74, 6) is -1.20. The number of carbonyl (C=O) groups is 2. The van der Waals surface area contributed by atoms with Crippen LogP contribution in [0.2, 0.25) is 0 Å². The van der Waals surface area contributed by atoms with Gasteiger partial charge in [0.2, 0.25) is 5.91 Å². The Hall–Kier alpha value is -2.21. The van der Waals surface area contributed by atoms with Crippen molar-refractivity contribution >= 4 is 27.7 Å². The first-order valence-corrected chi connectivity index (χ1v) is 8.92. The number of amides is 2. The molecule has 0 aliphatic heterocycles. The summed E-state index contributed by atoms with van der Waals surface area (Å²) in [7, 11) is 0. The molecular formula is C19H18BrFN2O2. The van der Waals surface area contributed by atoms with E-state index in [0.29, 0.717) is 10.9 Å². The monoisotopic (exact) mass is 404 g/mol. The summed E-state index contributed by atoms with van der Waals surface area (Å²) in [6.45, 7) is 0. The molecular weight excluding hydrogens is 387 g/mol. The molecule has 0 heterocycles. The predicted molar refractivity (Wildman–Crippen MR) is 96.7 cm³/mol. The fourth-order valence-corrected chi connectivity index (χ4v) is 2.98. The van der Waals surface area contributed by atoms with Gasteiger partial charge in [0, 0.05) is 22.5 Å². The van der Waals surface area contributed by atoms with Gasteiger partial charge in [0.1, 0.15) is 11.9 Å². The molecule has 130 valence electrons. The molecule has 0 spiro atoms. The average molecular weight is 405 g/mol. The molecule has 1 saturated carbocycles. The maximum absolute atomic E-state index is 13.5. The van der Waals surface area contributed by atoms with E-state index in [1.807, 2.05) is 30.3 Å². The Morgan fingerprint density at radius 3 is 2.52 bits per heavy atom. The molecule has 2 aromatic carbocycles. The number of hydrogen-bond acceptors (Lipinski definition) is 2. The summed E-state index contributed by atoms with van der Waals surface area (Å²) in [6, 6.07) is 12.9. The van der Waals surface area contributed by atoms with E-state index < -0.39 is 17.8 Å². The topological polar surface area (TPSA) is 58.2 Å². The number of nitrogens with one attached hydrogen (secondary N) is 2. The van der Waals surface area contributed by atoms with Crippen LogP contribution in [0.1, 0.15) is 28.8 Å². The third-order valence-electron chi connectivity index (χ3n) is 3.95. The van der Waals surface area contributed by atoms with Gasteiger partial charge in [-0.1, -0.05) is 46.3 Å². The molecule has 0 saturated heterocycles. The molecule has 3 rings (SSSR count). The van der Waals surface area contributed by atoms with E-state index in [1.165, 1.54) is 12.1 Å². The highest BCUT2D eigenvalue weighted by Gasteiger charge is 2.28. The van der Waals surface area contributed by atoms with E-state index in [-0.39, 0.29) is 17.5 Å². The molecule has 2 aromatic rings. The molecule has 2 amide bonds. The first-order valence-electron chi connectivity index (χ1n) is 8.12. The van der Waals surface area contributed by atoms with Crippen LogP contribution >= 0.6 is 15.9 Å². The molecule has 2 N–H and O–H groups in total. The molecule has 1 aliphatic carbocycles. The van der Waals surface area contributed by atoms with Crippen LogP contribution in [0.5, 0.6) is 0 Å². The molecule has 1 unspecified atom stereocenters. The Balaban J connectivity index is 1.75. The molecule has 1 atom stereocenters. The van der Waals surface area contributed by atoms with Crippen LogP contribution in [-0.4, -0.2) is 23.9 Å². The fourth-order valence-electron chi connectivity index (χ4n) is 2.52. The van der Waals surface area contributed by atoms with Gasteiger partial charge in [0.05, 0.1) is 0 Å². The molecule has 0 bridgehead atoms. The summed E-state index contributed by atoms with van der Waals surface area (Å²) in [6.07, 6.45) is 2.31. The molecule has 25 heavy (non-hydrogen) atoms. The Labute approximate surface area is 153 Å². The Morgan fingerprint density at radius 2 is 1.88 bits per heavy atom. The van der Waals surface area contributed by atoms with Crippen molar-refractivity contribution in [3.05, 3.63) is 69.9 Å². The van der Waals surface area contributed by atoms with Crippen molar-refractivity contribution in [2.24, 2.45) is 0 Å². The number of benzene rings is 2. The van der Waals surface area contributed by atoms with Crippen LogP contribution in [0.15, 0.2) is 53.0 Å². The fraction of sp³-hybridized carbons (Fsp3) is 0.263. The van der Waals surface area contributed by atoms with Crippen molar-refractivity contribution < 1.29 is 14.0 Å². The second kappa shape index (κ2) is 7.78. The zero-order chi connectivity index (χ0) is 17.8. The number of carbonyl (C=O) groups excluding carboxylic acids is 2. The van der Waals surface area contributed by atoms with E-state index in [1.54, 1.807) is 0 Å². The van der Waals surface area contributed by atoms with Crippen molar-refractivity contribution in [3.8, 4) is 0 Å². The molecule has 4 nitrogen and oxygen atoms in total. The van der Waals surface area contributed by atoms with Gasteiger partial charge in [-0.3, -0.25) is 9.59 Å². The van der Waals surface area contributed by atoms with E-state index in [9.17, 15) is 14.0 Å². The van der Waals surface area contributed by atoms with Crippen LogP contribution < -0.4 is 10.6 Å². The zero-order valence-electron chi connectivity index (χ0n) is 13.5. The van der Waals surface area contributed by atoms with Gasteiger partial charge in [-0.15, -0.1) is 0 Å². The number of hydrogen-bond donors (Lipinski definition) is 2. The van der Waals surface area contributed by atoms with Gasteiger partial charge in [-0.05, 0) is 36.6 Å². The van der Waals surface area contributed by atoms with Crippen molar-refractivity contribution in [1.82, 2.24) is 10.6 Å².